The van der Waals surface area contributed by atoms with E-state index in [1.54, 1.807) is 13.2 Å². The zero-order valence-electron chi connectivity index (χ0n) is 13.4. The van der Waals surface area contributed by atoms with Gasteiger partial charge in [-0.15, -0.1) is 0 Å². The third-order valence-electron chi connectivity index (χ3n) is 3.45. The van der Waals surface area contributed by atoms with E-state index in [1.165, 1.54) is 0 Å². The standard InChI is InChI=1S/C16H28N2O3/c1-4-18(9-10-19)8-6-7-13-11-14(17)12-15(20-3)16(13)21-5-2/h11-12,19H,4-10,17H2,1-3H3. The van der Waals surface area contributed by atoms with Crippen LogP contribution in [0.1, 0.15) is 25.8 Å². The van der Waals surface area contributed by atoms with Gasteiger partial charge in [0.05, 0.1) is 20.3 Å². The third kappa shape index (κ3) is 5.44. The lowest BCUT2D eigenvalue weighted by atomic mass is 10.1. The zero-order chi connectivity index (χ0) is 15.7. The van der Waals surface area contributed by atoms with E-state index in [2.05, 4.69) is 11.8 Å². The molecule has 0 amide bonds. The minimum Gasteiger partial charge on any atom is -0.493 e. The molecule has 5 nitrogen and oxygen atoms in total. The Bertz CT molecular complexity index is 424. The predicted octanol–water partition coefficient (Wildman–Crippen LogP) is 1.92. The van der Waals surface area contributed by atoms with Crippen molar-refractivity contribution in [3.63, 3.8) is 0 Å². The van der Waals surface area contributed by atoms with Crippen LogP contribution in [0.2, 0.25) is 0 Å². The lowest BCUT2D eigenvalue weighted by molar-refractivity contribution is 0.200. The number of hydrogen-bond donors (Lipinski definition) is 2. The molecule has 0 radical (unpaired) electrons. The molecule has 0 atom stereocenters. The molecule has 0 bridgehead atoms. The zero-order valence-corrected chi connectivity index (χ0v) is 13.4. The summed E-state index contributed by atoms with van der Waals surface area (Å²) in [5.41, 5.74) is 7.69. The van der Waals surface area contributed by atoms with Gasteiger partial charge in [-0.2, -0.15) is 0 Å². The number of methoxy groups -OCH3 is 1. The molecule has 5 heteroatoms. The van der Waals surface area contributed by atoms with E-state index < -0.39 is 0 Å². The highest BCUT2D eigenvalue weighted by Gasteiger charge is 2.12. The summed E-state index contributed by atoms with van der Waals surface area (Å²) in [7, 11) is 1.63. The number of nitrogens with zero attached hydrogens (tertiary/aromatic N) is 1. The van der Waals surface area contributed by atoms with Crippen LogP contribution in [-0.2, 0) is 6.42 Å². The Hall–Kier alpha value is -1.46. The molecule has 0 spiro atoms. The molecule has 1 aromatic rings. The number of ether oxygens (including phenoxy) is 2. The molecule has 0 saturated heterocycles. The second kappa shape index (κ2) is 9.47. The van der Waals surface area contributed by atoms with Crippen LogP contribution < -0.4 is 15.2 Å². The fraction of sp³-hybridized carbons (Fsp3) is 0.625. The van der Waals surface area contributed by atoms with Gasteiger partial charge in [0.25, 0.3) is 0 Å². The third-order valence-corrected chi connectivity index (χ3v) is 3.45. The molecule has 21 heavy (non-hydrogen) atoms. The van der Waals surface area contributed by atoms with Gasteiger partial charge in [0.15, 0.2) is 11.5 Å². The summed E-state index contributed by atoms with van der Waals surface area (Å²) in [6, 6.07) is 3.74. The van der Waals surface area contributed by atoms with Crippen LogP contribution in [0, 0.1) is 0 Å². The molecule has 120 valence electrons. The van der Waals surface area contributed by atoms with E-state index >= 15 is 0 Å². The topological polar surface area (TPSA) is 68.0 Å². The number of nitrogens with two attached hydrogens (primary N) is 1. The number of anilines is 1. The van der Waals surface area contributed by atoms with Crippen LogP contribution in [0.4, 0.5) is 5.69 Å². The second-order valence-electron chi connectivity index (χ2n) is 4.91. The van der Waals surface area contributed by atoms with Crippen molar-refractivity contribution in [3.8, 4) is 11.5 Å². The number of aliphatic hydroxyl groups is 1. The van der Waals surface area contributed by atoms with Gasteiger partial charge >= 0.3 is 0 Å². The summed E-state index contributed by atoms with van der Waals surface area (Å²) in [5.74, 6) is 1.48. The Labute approximate surface area is 127 Å². The molecule has 0 aliphatic rings. The van der Waals surface area contributed by atoms with Crippen molar-refractivity contribution in [2.45, 2.75) is 26.7 Å². The largest absolute Gasteiger partial charge is 0.493 e. The maximum Gasteiger partial charge on any atom is 0.164 e. The maximum atomic E-state index is 9.01. The Morgan fingerprint density at radius 2 is 2.00 bits per heavy atom. The first kappa shape index (κ1) is 17.6. The van der Waals surface area contributed by atoms with Crippen molar-refractivity contribution in [2.75, 3.05) is 45.7 Å². The molecule has 0 aliphatic heterocycles. The van der Waals surface area contributed by atoms with Crippen molar-refractivity contribution in [1.29, 1.82) is 0 Å². The SMILES string of the molecule is CCOc1c(CCCN(CC)CCO)cc(N)cc1OC. The molecule has 3 N–H and O–H groups in total. The lowest BCUT2D eigenvalue weighted by Gasteiger charge is -2.20. The normalized spacial score (nSPS) is 10.9. The highest BCUT2D eigenvalue weighted by atomic mass is 16.5. The second-order valence-corrected chi connectivity index (χ2v) is 4.91. The van der Waals surface area contributed by atoms with Crippen molar-refractivity contribution < 1.29 is 14.6 Å². The van der Waals surface area contributed by atoms with E-state index in [9.17, 15) is 0 Å². The van der Waals surface area contributed by atoms with Gasteiger partial charge in [-0.1, -0.05) is 6.92 Å². The fourth-order valence-electron chi connectivity index (χ4n) is 2.39. The summed E-state index contributed by atoms with van der Waals surface area (Å²) < 4.78 is 11.1. The summed E-state index contributed by atoms with van der Waals surface area (Å²) in [5, 5.41) is 9.01. The van der Waals surface area contributed by atoms with Gasteiger partial charge in [-0.3, -0.25) is 0 Å². The van der Waals surface area contributed by atoms with Gasteiger partial charge in [0.1, 0.15) is 0 Å². The first-order valence-corrected chi connectivity index (χ1v) is 7.58. The van der Waals surface area contributed by atoms with Gasteiger partial charge < -0.3 is 25.2 Å². The average molecular weight is 296 g/mol. The Morgan fingerprint density at radius 3 is 2.57 bits per heavy atom. The van der Waals surface area contributed by atoms with Gasteiger partial charge in [0.2, 0.25) is 0 Å². The molecule has 1 aromatic carbocycles. The molecule has 1 rings (SSSR count). The molecule has 0 heterocycles. The van der Waals surface area contributed by atoms with Gasteiger partial charge in [-0.25, -0.2) is 0 Å². The maximum absolute atomic E-state index is 9.01. The minimum absolute atomic E-state index is 0.199. The van der Waals surface area contributed by atoms with Gasteiger partial charge in [0, 0.05) is 23.9 Å². The smallest absolute Gasteiger partial charge is 0.164 e. The first-order chi connectivity index (χ1) is 10.2. The molecule has 0 saturated carbocycles. The number of aliphatic hydroxyl groups excluding tert-OH is 1. The molecule has 0 aromatic heterocycles. The number of likely N-dealkylation sites (N-methyl/N-ethyl adjacent to an activating group) is 1. The Morgan fingerprint density at radius 1 is 1.24 bits per heavy atom. The predicted molar refractivity (Wildman–Crippen MR) is 86.1 cm³/mol. The number of hydrogen-bond acceptors (Lipinski definition) is 5. The summed E-state index contributed by atoms with van der Waals surface area (Å²) >= 11 is 0. The van der Waals surface area contributed by atoms with E-state index in [0.717, 1.165) is 43.8 Å². The van der Waals surface area contributed by atoms with E-state index in [1.807, 2.05) is 13.0 Å². The molecular weight excluding hydrogens is 268 g/mol. The lowest BCUT2D eigenvalue weighted by Crippen LogP contribution is -2.28. The number of benzene rings is 1. The summed E-state index contributed by atoms with van der Waals surface area (Å²) in [4.78, 5) is 2.23. The number of nitrogen functional groups attached to an aromatic ring is 1. The summed E-state index contributed by atoms with van der Waals surface area (Å²) in [6.45, 7) is 7.46. The number of aryl methyl sites for hydroxylation is 1. The highest BCUT2D eigenvalue weighted by molar-refractivity contribution is 5.57. The fourth-order valence-corrected chi connectivity index (χ4v) is 2.39. The van der Waals surface area contributed by atoms with Crippen molar-refractivity contribution in [2.24, 2.45) is 0 Å². The molecule has 0 unspecified atom stereocenters. The van der Waals surface area contributed by atoms with Crippen molar-refractivity contribution in [3.05, 3.63) is 17.7 Å². The van der Waals surface area contributed by atoms with Crippen molar-refractivity contribution >= 4 is 5.69 Å². The monoisotopic (exact) mass is 296 g/mol. The van der Waals surface area contributed by atoms with Crippen LogP contribution in [0.3, 0.4) is 0 Å². The first-order valence-electron chi connectivity index (χ1n) is 7.58. The van der Waals surface area contributed by atoms with Crippen LogP contribution in [0.5, 0.6) is 11.5 Å². The van der Waals surface area contributed by atoms with E-state index in [4.69, 9.17) is 20.3 Å². The van der Waals surface area contributed by atoms with Crippen molar-refractivity contribution in [1.82, 2.24) is 4.90 Å². The molecular formula is C16H28N2O3. The molecule has 0 fully saturated rings. The summed E-state index contributed by atoms with van der Waals surface area (Å²) in [6.07, 6.45) is 1.86. The van der Waals surface area contributed by atoms with E-state index in [0.29, 0.717) is 18.0 Å². The highest BCUT2D eigenvalue weighted by Crippen LogP contribution is 2.34. The van der Waals surface area contributed by atoms with Crippen LogP contribution in [-0.4, -0.2) is 50.0 Å². The van der Waals surface area contributed by atoms with Crippen LogP contribution in [0.25, 0.3) is 0 Å². The average Bonchev–Trinajstić information content (AvgIpc) is 2.48. The van der Waals surface area contributed by atoms with E-state index in [-0.39, 0.29) is 6.61 Å². The minimum atomic E-state index is 0.199. The van der Waals surface area contributed by atoms with Gasteiger partial charge in [-0.05, 0) is 38.9 Å². The quantitative estimate of drug-likeness (QED) is 0.646. The Balaban J connectivity index is 2.74. The van der Waals surface area contributed by atoms with Crippen LogP contribution >= 0.6 is 0 Å². The number of rotatable bonds is 10. The Kier molecular flexibility index (Phi) is 7.93. The van der Waals surface area contributed by atoms with Crippen LogP contribution in [0.15, 0.2) is 12.1 Å². The molecule has 0 aliphatic carbocycles.